The first-order valence-electron chi connectivity index (χ1n) is 10.7. The third kappa shape index (κ3) is 4.99. The fourth-order valence-electron chi connectivity index (χ4n) is 4.40. The summed E-state index contributed by atoms with van der Waals surface area (Å²) in [6, 6.07) is 7.72. The number of likely N-dealkylation sites (tertiary alicyclic amines) is 2. The molecule has 2 aliphatic heterocycles. The maximum atomic E-state index is 12.7. The predicted octanol–water partition coefficient (Wildman–Crippen LogP) is 1.50. The zero-order chi connectivity index (χ0) is 20.8. The Morgan fingerprint density at radius 2 is 1.90 bits per heavy atom. The van der Waals surface area contributed by atoms with E-state index in [-0.39, 0.29) is 17.7 Å². The average molecular weight is 409 g/mol. The summed E-state index contributed by atoms with van der Waals surface area (Å²) in [5.41, 5.74) is 1.41. The van der Waals surface area contributed by atoms with E-state index < -0.39 is 0 Å². The van der Waals surface area contributed by atoms with Crippen LogP contribution in [-0.2, 0) is 11.3 Å². The number of carbonyl (C=O) groups excluding carboxylic acids is 2. The highest BCUT2D eigenvalue weighted by molar-refractivity contribution is 5.92. The summed E-state index contributed by atoms with van der Waals surface area (Å²) in [7, 11) is 0. The molecule has 0 aromatic carbocycles. The van der Waals surface area contributed by atoms with E-state index in [1.807, 2.05) is 17.0 Å². The van der Waals surface area contributed by atoms with Gasteiger partial charge in [-0.05, 0) is 56.0 Å². The molecule has 0 radical (unpaired) electrons. The van der Waals surface area contributed by atoms with E-state index in [9.17, 15) is 9.59 Å². The topological polar surface area (TPSA) is 91.3 Å². The van der Waals surface area contributed by atoms with E-state index in [2.05, 4.69) is 25.4 Å². The number of nitrogens with one attached hydrogen (secondary N) is 1. The van der Waals surface area contributed by atoms with Gasteiger partial charge < -0.3 is 10.2 Å². The summed E-state index contributed by atoms with van der Waals surface area (Å²) in [5.74, 6) is 0.0985. The molecular weight excluding hydrogens is 380 g/mol. The number of hydrogen-bond acceptors (Lipinski definition) is 6. The molecule has 0 unspecified atom stereocenters. The van der Waals surface area contributed by atoms with Gasteiger partial charge in [-0.3, -0.25) is 19.5 Å². The summed E-state index contributed by atoms with van der Waals surface area (Å²) >= 11 is 0. The lowest BCUT2D eigenvalue weighted by atomic mass is 9.93. The van der Waals surface area contributed by atoms with Gasteiger partial charge in [-0.1, -0.05) is 6.07 Å². The van der Waals surface area contributed by atoms with E-state index in [1.54, 1.807) is 30.7 Å². The molecule has 8 heteroatoms. The predicted molar refractivity (Wildman–Crippen MR) is 111 cm³/mol. The van der Waals surface area contributed by atoms with E-state index in [1.165, 1.54) is 0 Å². The Bertz CT molecular complexity index is 839. The van der Waals surface area contributed by atoms with Crippen molar-refractivity contribution < 1.29 is 9.59 Å². The molecule has 30 heavy (non-hydrogen) atoms. The number of amides is 2. The Labute approximate surface area is 176 Å². The monoisotopic (exact) mass is 408 g/mol. The molecule has 0 spiro atoms. The van der Waals surface area contributed by atoms with Gasteiger partial charge in [0.1, 0.15) is 0 Å². The molecule has 0 saturated carbocycles. The maximum absolute atomic E-state index is 12.7. The first kappa shape index (κ1) is 20.4. The van der Waals surface area contributed by atoms with E-state index in [0.29, 0.717) is 31.4 Å². The molecule has 2 aromatic heterocycles. The second-order valence-corrected chi connectivity index (χ2v) is 8.05. The second-order valence-electron chi connectivity index (χ2n) is 8.05. The van der Waals surface area contributed by atoms with Crippen LogP contribution in [-0.4, -0.2) is 69.0 Å². The van der Waals surface area contributed by atoms with Crippen LogP contribution in [0.2, 0.25) is 0 Å². The molecule has 2 aliphatic rings. The van der Waals surface area contributed by atoms with Gasteiger partial charge >= 0.3 is 0 Å². The van der Waals surface area contributed by atoms with Crippen molar-refractivity contribution in [2.75, 3.05) is 26.2 Å². The molecule has 4 heterocycles. The Morgan fingerprint density at radius 1 is 1.07 bits per heavy atom. The average Bonchev–Trinajstić information content (AvgIpc) is 2.83. The van der Waals surface area contributed by atoms with Crippen molar-refractivity contribution in [1.29, 1.82) is 0 Å². The van der Waals surface area contributed by atoms with Gasteiger partial charge in [0.15, 0.2) is 5.69 Å². The van der Waals surface area contributed by atoms with Gasteiger partial charge in [0.05, 0.1) is 5.92 Å². The van der Waals surface area contributed by atoms with Gasteiger partial charge in [0.2, 0.25) is 5.91 Å². The van der Waals surface area contributed by atoms with Crippen LogP contribution in [0.5, 0.6) is 0 Å². The minimum Gasteiger partial charge on any atom is -0.352 e. The smallest absolute Gasteiger partial charge is 0.274 e. The van der Waals surface area contributed by atoms with Crippen molar-refractivity contribution in [2.24, 2.45) is 5.92 Å². The minimum atomic E-state index is -0.0483. The summed E-state index contributed by atoms with van der Waals surface area (Å²) in [4.78, 5) is 33.6. The largest absolute Gasteiger partial charge is 0.352 e. The Balaban J connectivity index is 1.26. The molecule has 158 valence electrons. The molecule has 2 aromatic rings. The molecule has 1 atom stereocenters. The molecule has 1 N–H and O–H groups in total. The van der Waals surface area contributed by atoms with Crippen LogP contribution in [0.25, 0.3) is 0 Å². The van der Waals surface area contributed by atoms with Gasteiger partial charge in [0, 0.05) is 50.8 Å². The summed E-state index contributed by atoms with van der Waals surface area (Å²) in [6.07, 6.45) is 8.90. The highest BCUT2D eigenvalue weighted by Crippen LogP contribution is 2.24. The van der Waals surface area contributed by atoms with Crippen molar-refractivity contribution in [3.05, 3.63) is 54.1 Å². The van der Waals surface area contributed by atoms with Crippen LogP contribution in [0.4, 0.5) is 0 Å². The third-order valence-electron chi connectivity index (χ3n) is 6.07. The maximum Gasteiger partial charge on any atom is 0.274 e. The Hall–Kier alpha value is -2.87. The lowest BCUT2D eigenvalue weighted by Gasteiger charge is -2.42. The minimum absolute atomic E-state index is 0.0228. The standard InChI is InChI=1S/C22H28N6O2/c29-21(24-15-17-4-1-9-23-14-17)18-5-3-11-28(16-18)19-7-12-27(13-8-19)22(30)20-6-2-10-25-26-20/h1-2,4,6,9-10,14,18-19H,3,5,7-8,11-13,15-16H2,(H,24,29)/t18-/m0/s1. The highest BCUT2D eigenvalue weighted by atomic mass is 16.2. The Morgan fingerprint density at radius 3 is 2.63 bits per heavy atom. The summed E-state index contributed by atoms with van der Waals surface area (Å²) < 4.78 is 0. The number of aromatic nitrogens is 3. The van der Waals surface area contributed by atoms with Gasteiger partial charge in [0.25, 0.3) is 5.91 Å². The van der Waals surface area contributed by atoms with Crippen molar-refractivity contribution in [2.45, 2.75) is 38.3 Å². The van der Waals surface area contributed by atoms with Crippen LogP contribution in [0, 0.1) is 5.92 Å². The van der Waals surface area contributed by atoms with Gasteiger partial charge in [-0.25, -0.2) is 0 Å². The SMILES string of the molecule is O=C(NCc1cccnc1)[C@H]1CCCN(C2CCN(C(=O)c3cccnn3)CC2)C1. The normalized spacial score (nSPS) is 20.7. The van der Waals surface area contributed by atoms with Gasteiger partial charge in [-0.2, -0.15) is 5.10 Å². The number of nitrogens with zero attached hydrogens (tertiary/aromatic N) is 5. The van der Waals surface area contributed by atoms with Crippen molar-refractivity contribution in [3.63, 3.8) is 0 Å². The molecule has 0 aliphatic carbocycles. The first-order valence-corrected chi connectivity index (χ1v) is 10.7. The van der Waals surface area contributed by atoms with Crippen molar-refractivity contribution in [3.8, 4) is 0 Å². The number of rotatable bonds is 5. The van der Waals surface area contributed by atoms with Crippen molar-refractivity contribution in [1.82, 2.24) is 30.3 Å². The van der Waals surface area contributed by atoms with Crippen LogP contribution >= 0.6 is 0 Å². The zero-order valence-corrected chi connectivity index (χ0v) is 17.1. The fourth-order valence-corrected chi connectivity index (χ4v) is 4.40. The molecule has 4 rings (SSSR count). The van der Waals surface area contributed by atoms with E-state index >= 15 is 0 Å². The second kappa shape index (κ2) is 9.75. The van der Waals surface area contributed by atoms with Crippen LogP contribution in [0.15, 0.2) is 42.9 Å². The molecule has 2 fully saturated rings. The van der Waals surface area contributed by atoms with Crippen LogP contribution < -0.4 is 5.32 Å². The molecular formula is C22H28N6O2. The highest BCUT2D eigenvalue weighted by Gasteiger charge is 2.32. The summed E-state index contributed by atoms with van der Waals surface area (Å²) in [5, 5.41) is 10.8. The lowest BCUT2D eigenvalue weighted by Crippen LogP contribution is -2.51. The Kier molecular flexibility index (Phi) is 6.63. The fraction of sp³-hybridized carbons (Fsp3) is 0.500. The summed E-state index contributed by atoms with van der Waals surface area (Å²) in [6.45, 7) is 3.77. The van der Waals surface area contributed by atoms with Gasteiger partial charge in [-0.15, -0.1) is 5.10 Å². The zero-order valence-electron chi connectivity index (χ0n) is 17.1. The molecule has 8 nitrogen and oxygen atoms in total. The third-order valence-corrected chi connectivity index (χ3v) is 6.07. The number of hydrogen-bond donors (Lipinski definition) is 1. The van der Waals surface area contributed by atoms with E-state index in [4.69, 9.17) is 0 Å². The molecule has 2 amide bonds. The number of pyridine rings is 1. The number of carbonyl (C=O) groups is 2. The number of piperidine rings is 2. The molecule has 2 saturated heterocycles. The molecule has 0 bridgehead atoms. The van der Waals surface area contributed by atoms with Crippen LogP contribution in [0.1, 0.15) is 41.7 Å². The quantitative estimate of drug-likeness (QED) is 0.806. The van der Waals surface area contributed by atoms with E-state index in [0.717, 1.165) is 44.3 Å². The van der Waals surface area contributed by atoms with Crippen molar-refractivity contribution >= 4 is 11.8 Å². The lowest BCUT2D eigenvalue weighted by molar-refractivity contribution is -0.127. The first-order chi connectivity index (χ1) is 14.7. The van der Waals surface area contributed by atoms with Crippen LogP contribution in [0.3, 0.4) is 0 Å².